The summed E-state index contributed by atoms with van der Waals surface area (Å²) in [6.07, 6.45) is 3.57. The smallest absolute Gasteiger partial charge is 0.334 e. The summed E-state index contributed by atoms with van der Waals surface area (Å²) in [6.45, 7) is 6.88. The van der Waals surface area contributed by atoms with Crippen LogP contribution in [-0.4, -0.2) is 24.8 Å². The number of carbonyl (C=O) groups excluding carboxylic acids is 1. The second-order valence-corrected chi connectivity index (χ2v) is 8.11. The molecule has 2 atom stereocenters. The summed E-state index contributed by atoms with van der Waals surface area (Å²) in [4.78, 5) is 12.0. The van der Waals surface area contributed by atoms with Crippen LogP contribution in [-0.2, 0) is 21.4 Å². The van der Waals surface area contributed by atoms with Gasteiger partial charge in [0.05, 0.1) is 7.11 Å². The van der Waals surface area contributed by atoms with Crippen molar-refractivity contribution in [1.82, 2.24) is 0 Å². The Labute approximate surface area is 148 Å². The molecule has 134 valence electrons. The summed E-state index contributed by atoms with van der Waals surface area (Å²) < 4.78 is 11.1. The van der Waals surface area contributed by atoms with E-state index in [1.165, 1.54) is 16.7 Å². The Bertz CT molecular complexity index is 790. The number of esters is 1. The molecule has 0 radical (unpaired) electrons. The maximum absolute atomic E-state index is 12.0. The zero-order valence-corrected chi connectivity index (χ0v) is 15.4. The topological polar surface area (TPSA) is 55.8 Å². The maximum Gasteiger partial charge on any atom is 0.334 e. The molecule has 0 bridgehead atoms. The number of methoxy groups -OCH3 is 1. The Morgan fingerprint density at radius 3 is 2.80 bits per heavy atom. The molecule has 0 saturated carbocycles. The molecular formula is C21H26O4. The molecule has 25 heavy (non-hydrogen) atoms. The van der Waals surface area contributed by atoms with Crippen molar-refractivity contribution in [3.05, 3.63) is 33.9 Å². The first-order valence-corrected chi connectivity index (χ1v) is 9.20. The fraction of sp³-hybridized carbons (Fsp3) is 0.571. The van der Waals surface area contributed by atoms with Crippen LogP contribution < -0.4 is 4.74 Å². The van der Waals surface area contributed by atoms with E-state index in [0.717, 1.165) is 42.6 Å². The number of cyclic esters (lactones) is 1. The van der Waals surface area contributed by atoms with Crippen molar-refractivity contribution in [1.29, 1.82) is 0 Å². The Balaban J connectivity index is 1.89. The van der Waals surface area contributed by atoms with Gasteiger partial charge in [0, 0.05) is 16.6 Å². The van der Waals surface area contributed by atoms with Gasteiger partial charge in [-0.15, -0.1) is 0 Å². The van der Waals surface area contributed by atoms with Crippen LogP contribution in [0, 0.1) is 5.92 Å². The third-order valence-corrected chi connectivity index (χ3v) is 6.56. The molecule has 4 nitrogen and oxygen atoms in total. The first-order valence-electron chi connectivity index (χ1n) is 9.20. The van der Waals surface area contributed by atoms with Gasteiger partial charge in [-0.3, -0.25) is 0 Å². The molecule has 0 aromatic heterocycles. The third kappa shape index (κ3) is 2.16. The fourth-order valence-electron chi connectivity index (χ4n) is 5.32. The van der Waals surface area contributed by atoms with Crippen LogP contribution in [0.3, 0.4) is 0 Å². The third-order valence-electron chi connectivity index (χ3n) is 6.56. The Kier molecular flexibility index (Phi) is 3.64. The lowest BCUT2D eigenvalue weighted by molar-refractivity contribution is -0.136. The van der Waals surface area contributed by atoms with Crippen molar-refractivity contribution in [2.24, 2.45) is 5.92 Å². The van der Waals surface area contributed by atoms with E-state index in [-0.39, 0.29) is 17.3 Å². The monoisotopic (exact) mass is 342 g/mol. The molecule has 0 fully saturated rings. The molecule has 1 heterocycles. The minimum Gasteiger partial charge on any atom is -0.508 e. The molecule has 0 saturated heterocycles. The van der Waals surface area contributed by atoms with Gasteiger partial charge >= 0.3 is 5.97 Å². The number of benzene rings is 1. The molecule has 2 aliphatic carbocycles. The normalized spacial score (nSPS) is 27.7. The lowest BCUT2D eigenvalue weighted by atomic mass is 9.56. The van der Waals surface area contributed by atoms with E-state index in [0.29, 0.717) is 18.3 Å². The average Bonchev–Trinajstić information content (AvgIpc) is 2.94. The highest BCUT2D eigenvalue weighted by Gasteiger charge is 2.49. The van der Waals surface area contributed by atoms with Crippen molar-refractivity contribution < 1.29 is 19.4 Å². The zero-order chi connectivity index (χ0) is 17.9. The molecule has 3 aliphatic rings. The molecule has 0 amide bonds. The highest BCUT2D eigenvalue weighted by atomic mass is 16.5. The lowest BCUT2D eigenvalue weighted by Crippen LogP contribution is -2.41. The largest absolute Gasteiger partial charge is 0.508 e. The zero-order valence-electron chi connectivity index (χ0n) is 15.4. The van der Waals surface area contributed by atoms with Gasteiger partial charge in [0.2, 0.25) is 0 Å². The van der Waals surface area contributed by atoms with Crippen LogP contribution in [0.25, 0.3) is 0 Å². The molecular weight excluding hydrogens is 316 g/mol. The molecule has 1 aliphatic heterocycles. The van der Waals surface area contributed by atoms with Crippen LogP contribution in [0.2, 0.25) is 0 Å². The molecule has 1 aromatic rings. The van der Waals surface area contributed by atoms with E-state index in [1.54, 1.807) is 7.11 Å². The number of rotatable bonds is 2. The number of hydrogen-bond donors (Lipinski definition) is 1. The average molecular weight is 342 g/mol. The SMILES string of the molecule is COc1c2c(cc(O)c1C(C)C)[C@]1(C)CCC3=C(COC3=O)[C@H]1CC2. The molecule has 4 heteroatoms. The summed E-state index contributed by atoms with van der Waals surface area (Å²) in [6, 6.07) is 1.96. The standard InChI is InChI=1S/C21H26O4/c1-11(2)18-17(22)9-16-13(19(18)24-4)5-6-15-14-10-25-20(23)12(14)7-8-21(15,16)3/h9,11,15,22H,5-8,10H2,1-4H3/t15-,21-/m1/s1. The number of hydrogen-bond acceptors (Lipinski definition) is 4. The Morgan fingerprint density at radius 1 is 1.36 bits per heavy atom. The predicted octanol–water partition coefficient (Wildman–Crippen LogP) is 3.99. The van der Waals surface area contributed by atoms with Gasteiger partial charge in [0.15, 0.2) is 0 Å². The molecule has 1 aromatic carbocycles. The highest BCUT2D eigenvalue weighted by molar-refractivity contribution is 5.92. The van der Waals surface area contributed by atoms with Crippen LogP contribution >= 0.6 is 0 Å². The molecule has 0 unspecified atom stereocenters. The number of phenolic OH excluding ortho intramolecular Hbond substituents is 1. The predicted molar refractivity (Wildman–Crippen MR) is 95.1 cm³/mol. The van der Waals surface area contributed by atoms with Crippen LogP contribution in [0.1, 0.15) is 62.6 Å². The summed E-state index contributed by atoms with van der Waals surface area (Å²) >= 11 is 0. The second-order valence-electron chi connectivity index (χ2n) is 8.11. The highest BCUT2D eigenvalue weighted by Crippen LogP contribution is 2.56. The summed E-state index contributed by atoms with van der Waals surface area (Å²) in [5, 5.41) is 10.7. The molecule has 4 rings (SSSR count). The lowest BCUT2D eigenvalue weighted by Gasteiger charge is -2.47. The molecule has 0 spiro atoms. The van der Waals surface area contributed by atoms with E-state index < -0.39 is 0 Å². The molecule has 1 N–H and O–H groups in total. The number of phenols is 1. The first-order chi connectivity index (χ1) is 11.9. The van der Waals surface area contributed by atoms with Crippen molar-refractivity contribution in [2.45, 2.75) is 57.8 Å². The van der Waals surface area contributed by atoms with E-state index in [2.05, 4.69) is 20.8 Å². The summed E-state index contributed by atoms with van der Waals surface area (Å²) in [5.74, 6) is 1.56. The number of aromatic hydroxyl groups is 1. The van der Waals surface area contributed by atoms with Crippen molar-refractivity contribution >= 4 is 5.97 Å². The van der Waals surface area contributed by atoms with E-state index in [1.807, 2.05) is 6.07 Å². The summed E-state index contributed by atoms with van der Waals surface area (Å²) in [7, 11) is 1.69. The van der Waals surface area contributed by atoms with Gasteiger partial charge in [-0.1, -0.05) is 20.8 Å². The van der Waals surface area contributed by atoms with Gasteiger partial charge in [-0.05, 0) is 60.3 Å². The first kappa shape index (κ1) is 16.5. The number of carbonyl (C=O) groups is 1. The Hall–Kier alpha value is -1.97. The van der Waals surface area contributed by atoms with Crippen molar-refractivity contribution in [2.75, 3.05) is 13.7 Å². The fourth-order valence-corrected chi connectivity index (χ4v) is 5.32. The number of fused-ring (bicyclic) bond motifs is 4. The van der Waals surface area contributed by atoms with Gasteiger partial charge < -0.3 is 14.6 Å². The van der Waals surface area contributed by atoms with Gasteiger partial charge in [-0.25, -0.2) is 4.79 Å². The van der Waals surface area contributed by atoms with E-state index >= 15 is 0 Å². The maximum atomic E-state index is 12.0. The van der Waals surface area contributed by atoms with Crippen molar-refractivity contribution in [3.63, 3.8) is 0 Å². The van der Waals surface area contributed by atoms with Gasteiger partial charge in [0.1, 0.15) is 18.1 Å². The second kappa shape index (κ2) is 5.52. The minimum atomic E-state index is -0.126. The Morgan fingerprint density at radius 2 is 2.12 bits per heavy atom. The van der Waals surface area contributed by atoms with Crippen LogP contribution in [0.15, 0.2) is 17.2 Å². The number of ether oxygens (including phenoxy) is 2. The van der Waals surface area contributed by atoms with E-state index in [4.69, 9.17) is 9.47 Å². The quantitative estimate of drug-likeness (QED) is 0.826. The van der Waals surface area contributed by atoms with Crippen LogP contribution in [0.5, 0.6) is 11.5 Å². The van der Waals surface area contributed by atoms with Gasteiger partial charge in [0.25, 0.3) is 0 Å². The minimum absolute atomic E-state index is 0.0827. The summed E-state index contributed by atoms with van der Waals surface area (Å²) in [5.41, 5.74) is 5.33. The van der Waals surface area contributed by atoms with Crippen LogP contribution in [0.4, 0.5) is 0 Å². The van der Waals surface area contributed by atoms with E-state index in [9.17, 15) is 9.90 Å². The van der Waals surface area contributed by atoms with Crippen molar-refractivity contribution in [3.8, 4) is 11.5 Å². The van der Waals surface area contributed by atoms with Gasteiger partial charge in [-0.2, -0.15) is 0 Å².